The average molecular weight is 363 g/mol. The molecule has 1 heterocycles. The Morgan fingerprint density at radius 1 is 1.46 bits per heavy atom. The lowest BCUT2D eigenvalue weighted by atomic mass is 10.2. The van der Waals surface area contributed by atoms with E-state index in [0.717, 1.165) is 0 Å². The Labute approximate surface area is 148 Å². The van der Waals surface area contributed by atoms with Gasteiger partial charge in [0.1, 0.15) is 5.75 Å². The molecule has 0 aliphatic rings. The van der Waals surface area contributed by atoms with Crippen LogP contribution in [-0.4, -0.2) is 42.6 Å². The van der Waals surface area contributed by atoms with Gasteiger partial charge in [-0.1, -0.05) is 35.2 Å². The minimum absolute atomic E-state index is 0.110. The number of nitriles is 1. The van der Waals surface area contributed by atoms with E-state index in [0.29, 0.717) is 27.5 Å². The molecule has 0 bridgehead atoms. The van der Waals surface area contributed by atoms with Gasteiger partial charge in [0.15, 0.2) is 4.34 Å². The number of nitrogens with zero attached hydrogens (tertiary/aromatic N) is 4. The van der Waals surface area contributed by atoms with E-state index < -0.39 is 0 Å². The fourth-order valence-electron chi connectivity index (χ4n) is 1.96. The van der Waals surface area contributed by atoms with Gasteiger partial charge in [0.25, 0.3) is 0 Å². The number of ether oxygens (including phenoxy) is 1. The Kier molecular flexibility index (Phi) is 6.84. The first-order valence-electron chi connectivity index (χ1n) is 7.14. The molecule has 9 heteroatoms. The number of nitrogens with one attached hydrogen (secondary N) is 1. The highest BCUT2D eigenvalue weighted by Gasteiger charge is 2.19. The van der Waals surface area contributed by atoms with Crippen LogP contribution in [0.25, 0.3) is 0 Å². The summed E-state index contributed by atoms with van der Waals surface area (Å²) in [5.74, 6) is 0.699. The Hall–Kier alpha value is -2.31. The molecule has 126 valence electrons. The normalized spacial score (nSPS) is 10.0. The highest BCUT2D eigenvalue weighted by molar-refractivity contribution is 8.01. The predicted octanol–water partition coefficient (Wildman–Crippen LogP) is 2.63. The molecule has 0 fully saturated rings. The topological polar surface area (TPSA) is 91.1 Å². The van der Waals surface area contributed by atoms with E-state index in [1.807, 2.05) is 18.2 Å². The molecular weight excluding hydrogens is 346 g/mol. The van der Waals surface area contributed by atoms with Crippen molar-refractivity contribution in [3.8, 4) is 11.8 Å². The van der Waals surface area contributed by atoms with Crippen LogP contribution < -0.4 is 15.0 Å². The highest BCUT2D eigenvalue weighted by atomic mass is 32.2. The van der Waals surface area contributed by atoms with E-state index in [9.17, 15) is 4.79 Å². The van der Waals surface area contributed by atoms with Crippen LogP contribution in [0.15, 0.2) is 28.6 Å². The molecule has 0 saturated carbocycles. The summed E-state index contributed by atoms with van der Waals surface area (Å²) in [6.07, 6.45) is 0.247. The largest absolute Gasteiger partial charge is 0.495 e. The fourth-order valence-corrected chi connectivity index (χ4v) is 3.55. The fraction of sp³-hybridized carbons (Fsp3) is 0.333. The van der Waals surface area contributed by atoms with Crippen LogP contribution in [0, 0.1) is 11.3 Å². The number of methoxy groups -OCH3 is 1. The summed E-state index contributed by atoms with van der Waals surface area (Å²) in [6.45, 7) is 0.314. The van der Waals surface area contributed by atoms with Crippen LogP contribution in [0.5, 0.6) is 5.75 Å². The summed E-state index contributed by atoms with van der Waals surface area (Å²) >= 11 is 2.71. The quantitative estimate of drug-likeness (QED) is 0.721. The molecule has 1 amide bonds. The standard InChI is InChI=1S/C15H17N5O2S2/c1-17-14-18-19-15(24-14)23-10-13(21)20(9-5-8-16)11-6-3-4-7-12(11)22-2/h3-4,6-7H,5,9-10H2,1-2H3,(H,17,18). The Balaban J connectivity index is 2.11. The van der Waals surface area contributed by atoms with Gasteiger partial charge in [-0.05, 0) is 12.1 Å². The van der Waals surface area contributed by atoms with Crippen molar-refractivity contribution in [2.45, 2.75) is 10.8 Å². The first-order chi connectivity index (χ1) is 11.7. The second-order valence-electron chi connectivity index (χ2n) is 4.54. The van der Waals surface area contributed by atoms with Gasteiger partial charge in [-0.3, -0.25) is 4.79 Å². The molecule has 0 atom stereocenters. The monoisotopic (exact) mass is 363 g/mol. The molecule has 0 radical (unpaired) electrons. The summed E-state index contributed by atoms with van der Waals surface area (Å²) in [7, 11) is 3.33. The van der Waals surface area contributed by atoms with Crippen molar-refractivity contribution in [2.75, 3.05) is 36.7 Å². The van der Waals surface area contributed by atoms with Crippen molar-refractivity contribution in [2.24, 2.45) is 0 Å². The molecule has 1 N–H and O–H groups in total. The molecular formula is C15H17N5O2S2. The molecule has 0 saturated heterocycles. The number of benzene rings is 1. The molecule has 1 aromatic heterocycles. The molecule has 0 aliphatic carbocycles. The Morgan fingerprint density at radius 2 is 2.25 bits per heavy atom. The zero-order chi connectivity index (χ0) is 17.4. The second kappa shape index (κ2) is 9.10. The number of anilines is 2. The van der Waals surface area contributed by atoms with Crippen molar-refractivity contribution in [1.82, 2.24) is 10.2 Å². The number of carbonyl (C=O) groups excluding carboxylic acids is 1. The van der Waals surface area contributed by atoms with E-state index >= 15 is 0 Å². The SMILES string of the molecule is CNc1nnc(SCC(=O)N(CCC#N)c2ccccc2OC)s1. The molecule has 1 aromatic carbocycles. The van der Waals surface area contributed by atoms with E-state index in [2.05, 4.69) is 21.6 Å². The molecule has 24 heavy (non-hydrogen) atoms. The van der Waals surface area contributed by atoms with Crippen LogP contribution in [-0.2, 0) is 4.79 Å². The second-order valence-corrected chi connectivity index (χ2v) is 6.74. The number of carbonyl (C=O) groups is 1. The number of para-hydroxylation sites is 2. The summed E-state index contributed by atoms with van der Waals surface area (Å²) in [4.78, 5) is 14.2. The number of thioether (sulfide) groups is 1. The van der Waals surface area contributed by atoms with Gasteiger partial charge in [0, 0.05) is 13.6 Å². The first kappa shape index (κ1) is 18.0. The molecule has 0 unspecified atom stereocenters. The van der Waals surface area contributed by atoms with Crippen molar-refractivity contribution in [3.63, 3.8) is 0 Å². The zero-order valence-corrected chi connectivity index (χ0v) is 15.0. The van der Waals surface area contributed by atoms with Crippen LogP contribution in [0.2, 0.25) is 0 Å². The summed E-state index contributed by atoms with van der Waals surface area (Å²) in [6, 6.07) is 9.35. The van der Waals surface area contributed by atoms with E-state index in [4.69, 9.17) is 10.00 Å². The molecule has 7 nitrogen and oxygen atoms in total. The van der Waals surface area contributed by atoms with Crippen molar-refractivity contribution < 1.29 is 9.53 Å². The van der Waals surface area contributed by atoms with Crippen molar-refractivity contribution >= 4 is 39.8 Å². The van der Waals surface area contributed by atoms with Crippen LogP contribution in [0.4, 0.5) is 10.8 Å². The van der Waals surface area contributed by atoms with E-state index in [1.165, 1.54) is 23.1 Å². The van der Waals surface area contributed by atoms with E-state index in [1.54, 1.807) is 25.1 Å². The van der Waals surface area contributed by atoms with Gasteiger partial charge in [0.05, 0.1) is 31.0 Å². The highest BCUT2D eigenvalue weighted by Crippen LogP contribution is 2.30. The maximum absolute atomic E-state index is 12.6. The number of rotatable bonds is 8. The van der Waals surface area contributed by atoms with Gasteiger partial charge in [-0.25, -0.2) is 0 Å². The molecule has 0 spiro atoms. The van der Waals surface area contributed by atoms with Crippen molar-refractivity contribution in [1.29, 1.82) is 5.26 Å². The lowest BCUT2D eigenvalue weighted by Gasteiger charge is -2.23. The van der Waals surface area contributed by atoms with Crippen molar-refractivity contribution in [3.05, 3.63) is 24.3 Å². The third-order valence-electron chi connectivity index (χ3n) is 3.06. The number of amides is 1. The van der Waals surface area contributed by atoms with E-state index in [-0.39, 0.29) is 18.1 Å². The minimum Gasteiger partial charge on any atom is -0.495 e. The summed E-state index contributed by atoms with van der Waals surface area (Å²) in [5, 5.41) is 20.4. The number of aromatic nitrogens is 2. The third-order valence-corrected chi connectivity index (χ3v) is 5.12. The molecule has 2 aromatic rings. The first-order valence-corrected chi connectivity index (χ1v) is 8.94. The summed E-state index contributed by atoms with van der Waals surface area (Å²) < 4.78 is 6.04. The van der Waals surface area contributed by atoms with Gasteiger partial charge in [0.2, 0.25) is 11.0 Å². The maximum Gasteiger partial charge on any atom is 0.237 e. The Morgan fingerprint density at radius 3 is 2.92 bits per heavy atom. The maximum atomic E-state index is 12.6. The van der Waals surface area contributed by atoms with Gasteiger partial charge in [-0.2, -0.15) is 5.26 Å². The molecule has 2 rings (SSSR count). The van der Waals surface area contributed by atoms with Crippen LogP contribution >= 0.6 is 23.1 Å². The zero-order valence-electron chi connectivity index (χ0n) is 13.4. The predicted molar refractivity (Wildman–Crippen MR) is 95.8 cm³/mol. The molecule has 0 aliphatic heterocycles. The Bertz CT molecular complexity index is 729. The average Bonchev–Trinajstić information content (AvgIpc) is 3.08. The van der Waals surface area contributed by atoms with Crippen LogP contribution in [0.1, 0.15) is 6.42 Å². The minimum atomic E-state index is -0.110. The third kappa shape index (κ3) is 4.59. The number of hydrogen-bond acceptors (Lipinski definition) is 8. The lowest BCUT2D eigenvalue weighted by Crippen LogP contribution is -2.33. The van der Waals surface area contributed by atoms with Gasteiger partial charge in [-0.15, -0.1) is 10.2 Å². The van der Waals surface area contributed by atoms with Crippen LogP contribution in [0.3, 0.4) is 0 Å². The number of hydrogen-bond donors (Lipinski definition) is 1. The summed E-state index contributed by atoms with van der Waals surface area (Å²) in [5.41, 5.74) is 0.661. The van der Waals surface area contributed by atoms with Gasteiger partial charge < -0.3 is 15.0 Å². The lowest BCUT2D eigenvalue weighted by molar-refractivity contribution is -0.116. The van der Waals surface area contributed by atoms with Gasteiger partial charge >= 0.3 is 0 Å². The smallest absolute Gasteiger partial charge is 0.237 e.